The van der Waals surface area contributed by atoms with E-state index in [-0.39, 0.29) is 5.91 Å². The molecule has 0 aliphatic carbocycles. The first-order chi connectivity index (χ1) is 11.1. The molecule has 1 saturated heterocycles. The second-order valence-corrected chi connectivity index (χ2v) is 5.96. The standard InChI is InChI=1S/C17H22N4O2/c1-12-15(13(2)23-19-12)11-20-7-9-21(10-8-20)17(22)14-5-3-4-6-16(14)18/h3-6H,7-11,18H2,1-2H3. The predicted octanol–water partition coefficient (Wildman–Crippen LogP) is 1.83. The van der Waals surface area contributed by atoms with E-state index >= 15 is 0 Å². The lowest BCUT2D eigenvalue weighted by molar-refractivity contribution is 0.0628. The van der Waals surface area contributed by atoms with Crippen LogP contribution in [0.4, 0.5) is 5.69 Å². The lowest BCUT2D eigenvalue weighted by Crippen LogP contribution is -2.48. The number of carbonyl (C=O) groups excluding carboxylic acids is 1. The number of aryl methyl sites for hydroxylation is 2. The van der Waals surface area contributed by atoms with Crippen molar-refractivity contribution in [2.24, 2.45) is 0 Å². The van der Waals surface area contributed by atoms with E-state index in [0.29, 0.717) is 24.3 Å². The van der Waals surface area contributed by atoms with Crippen molar-refractivity contribution in [1.29, 1.82) is 0 Å². The molecule has 0 atom stereocenters. The molecule has 0 spiro atoms. The lowest BCUT2D eigenvalue weighted by atomic mass is 10.1. The number of carbonyl (C=O) groups is 1. The van der Waals surface area contributed by atoms with Crippen molar-refractivity contribution in [2.45, 2.75) is 20.4 Å². The number of benzene rings is 1. The number of aromatic nitrogens is 1. The van der Waals surface area contributed by atoms with Crippen LogP contribution in [0, 0.1) is 13.8 Å². The molecule has 2 heterocycles. The van der Waals surface area contributed by atoms with Gasteiger partial charge in [-0.2, -0.15) is 0 Å². The summed E-state index contributed by atoms with van der Waals surface area (Å²) < 4.78 is 5.21. The molecule has 122 valence electrons. The first-order valence-electron chi connectivity index (χ1n) is 7.84. The van der Waals surface area contributed by atoms with Crippen molar-refractivity contribution in [3.8, 4) is 0 Å². The molecular weight excluding hydrogens is 292 g/mol. The van der Waals surface area contributed by atoms with E-state index in [0.717, 1.165) is 36.7 Å². The van der Waals surface area contributed by atoms with E-state index in [9.17, 15) is 4.79 Å². The lowest BCUT2D eigenvalue weighted by Gasteiger charge is -2.34. The van der Waals surface area contributed by atoms with Gasteiger partial charge in [-0.15, -0.1) is 0 Å². The minimum absolute atomic E-state index is 0.0140. The van der Waals surface area contributed by atoms with Crippen LogP contribution in [0.25, 0.3) is 0 Å². The first kappa shape index (κ1) is 15.6. The summed E-state index contributed by atoms with van der Waals surface area (Å²) in [5.41, 5.74) is 9.12. The smallest absolute Gasteiger partial charge is 0.256 e. The molecule has 1 aliphatic heterocycles. The molecule has 2 aromatic rings. The Balaban J connectivity index is 1.60. The minimum atomic E-state index is 0.0140. The van der Waals surface area contributed by atoms with Crippen molar-refractivity contribution in [1.82, 2.24) is 15.0 Å². The number of nitrogen functional groups attached to an aromatic ring is 1. The van der Waals surface area contributed by atoms with Gasteiger partial charge in [0.25, 0.3) is 5.91 Å². The molecular formula is C17H22N4O2. The Morgan fingerprint density at radius 2 is 1.91 bits per heavy atom. The van der Waals surface area contributed by atoms with E-state index < -0.39 is 0 Å². The maximum absolute atomic E-state index is 12.6. The summed E-state index contributed by atoms with van der Waals surface area (Å²) in [4.78, 5) is 16.7. The summed E-state index contributed by atoms with van der Waals surface area (Å²) in [6.07, 6.45) is 0. The number of anilines is 1. The highest BCUT2D eigenvalue weighted by Crippen LogP contribution is 2.18. The third kappa shape index (κ3) is 3.22. The van der Waals surface area contributed by atoms with Crippen LogP contribution in [-0.2, 0) is 6.54 Å². The molecule has 3 rings (SSSR count). The van der Waals surface area contributed by atoms with Gasteiger partial charge in [0.05, 0.1) is 11.3 Å². The Bertz CT molecular complexity index is 683. The third-order valence-electron chi connectivity index (χ3n) is 4.41. The maximum Gasteiger partial charge on any atom is 0.256 e. The molecule has 2 N–H and O–H groups in total. The number of nitrogens with two attached hydrogens (primary N) is 1. The average molecular weight is 314 g/mol. The summed E-state index contributed by atoms with van der Waals surface area (Å²) >= 11 is 0. The van der Waals surface area contributed by atoms with E-state index in [2.05, 4.69) is 10.1 Å². The Morgan fingerprint density at radius 3 is 2.52 bits per heavy atom. The fourth-order valence-corrected chi connectivity index (χ4v) is 2.92. The van der Waals surface area contributed by atoms with Gasteiger partial charge in [0.1, 0.15) is 5.76 Å². The molecule has 6 heteroatoms. The monoisotopic (exact) mass is 314 g/mol. The van der Waals surface area contributed by atoms with Crippen LogP contribution in [0.2, 0.25) is 0 Å². The zero-order chi connectivity index (χ0) is 16.4. The molecule has 1 fully saturated rings. The molecule has 1 amide bonds. The fraction of sp³-hybridized carbons (Fsp3) is 0.412. The highest BCUT2D eigenvalue weighted by atomic mass is 16.5. The molecule has 0 unspecified atom stereocenters. The summed E-state index contributed by atoms with van der Waals surface area (Å²) in [6.45, 7) is 7.80. The van der Waals surface area contributed by atoms with E-state index in [1.165, 1.54) is 0 Å². The second kappa shape index (κ2) is 6.42. The molecule has 6 nitrogen and oxygen atoms in total. The maximum atomic E-state index is 12.6. The second-order valence-electron chi connectivity index (χ2n) is 5.96. The summed E-state index contributed by atoms with van der Waals surface area (Å²) in [5, 5.41) is 3.99. The summed E-state index contributed by atoms with van der Waals surface area (Å²) in [5.74, 6) is 0.887. The third-order valence-corrected chi connectivity index (χ3v) is 4.41. The van der Waals surface area contributed by atoms with Crippen molar-refractivity contribution >= 4 is 11.6 Å². The molecule has 1 aliphatic rings. The Morgan fingerprint density at radius 1 is 1.22 bits per heavy atom. The minimum Gasteiger partial charge on any atom is -0.398 e. The summed E-state index contributed by atoms with van der Waals surface area (Å²) in [6, 6.07) is 7.24. The van der Waals surface area contributed by atoms with Crippen LogP contribution < -0.4 is 5.73 Å². The normalized spacial score (nSPS) is 15.8. The number of amides is 1. The number of piperazine rings is 1. The average Bonchev–Trinajstić information content (AvgIpc) is 2.87. The predicted molar refractivity (Wildman–Crippen MR) is 88.0 cm³/mol. The van der Waals surface area contributed by atoms with Gasteiger partial charge < -0.3 is 15.2 Å². The van der Waals surface area contributed by atoms with Crippen molar-refractivity contribution in [3.63, 3.8) is 0 Å². The number of para-hydroxylation sites is 1. The molecule has 0 saturated carbocycles. The van der Waals surface area contributed by atoms with E-state index in [4.69, 9.17) is 10.3 Å². The van der Waals surface area contributed by atoms with Crippen LogP contribution in [0.5, 0.6) is 0 Å². The molecule has 0 radical (unpaired) electrons. The number of nitrogens with zero attached hydrogens (tertiary/aromatic N) is 3. The largest absolute Gasteiger partial charge is 0.398 e. The zero-order valence-corrected chi connectivity index (χ0v) is 13.6. The van der Waals surface area contributed by atoms with Gasteiger partial charge in [-0.25, -0.2) is 0 Å². The van der Waals surface area contributed by atoms with Crippen molar-refractivity contribution in [2.75, 3.05) is 31.9 Å². The number of hydrogen-bond donors (Lipinski definition) is 1. The van der Waals surface area contributed by atoms with Crippen LogP contribution in [0.15, 0.2) is 28.8 Å². The topological polar surface area (TPSA) is 75.6 Å². The van der Waals surface area contributed by atoms with Crippen LogP contribution in [0.3, 0.4) is 0 Å². The SMILES string of the molecule is Cc1noc(C)c1CN1CCN(C(=O)c2ccccc2N)CC1. The van der Waals surface area contributed by atoms with Crippen molar-refractivity contribution < 1.29 is 9.32 Å². The molecule has 1 aromatic carbocycles. The van der Waals surface area contributed by atoms with E-state index in [1.54, 1.807) is 12.1 Å². The van der Waals surface area contributed by atoms with Gasteiger partial charge in [0.2, 0.25) is 0 Å². The van der Waals surface area contributed by atoms with Gasteiger partial charge in [-0.05, 0) is 26.0 Å². The Hall–Kier alpha value is -2.34. The molecule has 0 bridgehead atoms. The van der Waals surface area contributed by atoms with Gasteiger partial charge in [-0.3, -0.25) is 9.69 Å². The van der Waals surface area contributed by atoms with Gasteiger partial charge in [-0.1, -0.05) is 17.3 Å². The van der Waals surface area contributed by atoms with Gasteiger partial charge >= 0.3 is 0 Å². The number of hydrogen-bond acceptors (Lipinski definition) is 5. The fourth-order valence-electron chi connectivity index (χ4n) is 2.92. The van der Waals surface area contributed by atoms with Gasteiger partial charge in [0.15, 0.2) is 0 Å². The highest BCUT2D eigenvalue weighted by Gasteiger charge is 2.24. The summed E-state index contributed by atoms with van der Waals surface area (Å²) in [7, 11) is 0. The molecule has 1 aromatic heterocycles. The molecule has 23 heavy (non-hydrogen) atoms. The van der Waals surface area contributed by atoms with Crippen molar-refractivity contribution in [3.05, 3.63) is 46.8 Å². The number of rotatable bonds is 3. The van der Waals surface area contributed by atoms with Crippen LogP contribution >= 0.6 is 0 Å². The van der Waals surface area contributed by atoms with E-state index in [1.807, 2.05) is 30.9 Å². The zero-order valence-electron chi connectivity index (χ0n) is 13.6. The van der Waals surface area contributed by atoms with Gasteiger partial charge in [0, 0.05) is 44.0 Å². The van der Waals surface area contributed by atoms with Crippen LogP contribution in [0.1, 0.15) is 27.4 Å². The Labute approximate surface area is 135 Å². The highest BCUT2D eigenvalue weighted by molar-refractivity contribution is 5.99. The van der Waals surface area contributed by atoms with Crippen LogP contribution in [-0.4, -0.2) is 47.0 Å². The quantitative estimate of drug-likeness (QED) is 0.875. The Kier molecular flexibility index (Phi) is 4.34. The first-order valence-corrected chi connectivity index (χ1v) is 7.84.